The summed E-state index contributed by atoms with van der Waals surface area (Å²) in [5.41, 5.74) is 1.07. The highest BCUT2D eigenvalue weighted by Gasteiger charge is 2.10. The lowest BCUT2D eigenvalue weighted by Gasteiger charge is -2.17. The zero-order valence-corrected chi connectivity index (χ0v) is 14.9. The van der Waals surface area contributed by atoms with Crippen LogP contribution in [-0.4, -0.2) is 33.3 Å². The number of rotatable bonds is 6. The van der Waals surface area contributed by atoms with Gasteiger partial charge in [-0.25, -0.2) is 0 Å². The molecule has 0 heterocycles. The van der Waals surface area contributed by atoms with E-state index in [1.165, 1.54) is 0 Å². The van der Waals surface area contributed by atoms with Gasteiger partial charge in [-0.15, -0.1) is 0 Å². The van der Waals surface area contributed by atoms with Crippen molar-refractivity contribution in [2.24, 2.45) is 4.99 Å². The molecule has 0 aromatic heterocycles. The Morgan fingerprint density at radius 3 is 2.43 bits per heavy atom. The van der Waals surface area contributed by atoms with E-state index in [-0.39, 0.29) is 0 Å². The zero-order valence-electron chi connectivity index (χ0n) is 13.3. The van der Waals surface area contributed by atoms with E-state index in [0.717, 1.165) is 22.4 Å². The Labute approximate surface area is 135 Å². The second-order valence-electron chi connectivity index (χ2n) is 4.68. The van der Waals surface area contributed by atoms with Crippen LogP contribution in [0.25, 0.3) is 0 Å². The molecule has 1 aromatic rings. The van der Waals surface area contributed by atoms with Gasteiger partial charge in [0.15, 0.2) is 17.5 Å². The Morgan fingerprint density at radius 2 is 1.90 bits per heavy atom. The number of methoxy groups -OCH3 is 2. The summed E-state index contributed by atoms with van der Waals surface area (Å²) in [4.78, 5) is 4.22. The molecule has 1 atom stereocenters. The molecule has 1 aromatic carbocycles. The Kier molecular flexibility index (Phi) is 7.36. The van der Waals surface area contributed by atoms with Crippen molar-refractivity contribution in [2.45, 2.75) is 32.9 Å². The SMILES string of the molecule is CCC(C)NC(=NC)NCc1cc(OC)c(OC)cc1Br. The third-order valence-electron chi connectivity index (χ3n) is 3.22. The highest BCUT2D eigenvalue weighted by molar-refractivity contribution is 9.10. The van der Waals surface area contributed by atoms with Crippen LogP contribution in [0.3, 0.4) is 0 Å². The standard InChI is InChI=1S/C15H24BrN3O2/c1-6-10(2)19-15(17-3)18-9-11-7-13(20-4)14(21-5)8-12(11)16/h7-8,10H,6,9H2,1-5H3,(H2,17,18,19). The molecule has 0 aliphatic heterocycles. The van der Waals surface area contributed by atoms with Gasteiger partial charge in [0.2, 0.25) is 0 Å². The molecule has 0 aliphatic rings. The molecule has 0 aliphatic carbocycles. The van der Waals surface area contributed by atoms with Crippen LogP contribution in [0.1, 0.15) is 25.8 Å². The molecule has 0 saturated heterocycles. The van der Waals surface area contributed by atoms with Crippen molar-refractivity contribution >= 4 is 21.9 Å². The first kappa shape index (κ1) is 17.6. The van der Waals surface area contributed by atoms with Gasteiger partial charge in [-0.1, -0.05) is 22.9 Å². The summed E-state index contributed by atoms with van der Waals surface area (Å²) in [7, 11) is 5.02. The van der Waals surface area contributed by atoms with Crippen LogP contribution < -0.4 is 20.1 Å². The van der Waals surface area contributed by atoms with Gasteiger partial charge in [-0.05, 0) is 31.0 Å². The van der Waals surface area contributed by atoms with Crippen molar-refractivity contribution in [3.8, 4) is 11.5 Å². The number of hydrogen-bond acceptors (Lipinski definition) is 3. The summed E-state index contributed by atoms with van der Waals surface area (Å²) in [6, 6.07) is 4.23. The molecule has 6 heteroatoms. The average molecular weight is 358 g/mol. The van der Waals surface area contributed by atoms with Crippen molar-refractivity contribution in [3.63, 3.8) is 0 Å². The number of nitrogens with zero attached hydrogens (tertiary/aromatic N) is 1. The van der Waals surface area contributed by atoms with Crippen molar-refractivity contribution in [3.05, 3.63) is 22.2 Å². The fourth-order valence-corrected chi connectivity index (χ4v) is 2.20. The molecule has 0 bridgehead atoms. The lowest BCUT2D eigenvalue weighted by molar-refractivity contribution is 0.354. The van der Waals surface area contributed by atoms with Crippen molar-refractivity contribution in [1.29, 1.82) is 0 Å². The van der Waals surface area contributed by atoms with E-state index in [4.69, 9.17) is 9.47 Å². The minimum atomic E-state index is 0.380. The Hall–Kier alpha value is -1.43. The van der Waals surface area contributed by atoms with Crippen molar-refractivity contribution in [1.82, 2.24) is 10.6 Å². The van der Waals surface area contributed by atoms with E-state index < -0.39 is 0 Å². The summed E-state index contributed by atoms with van der Waals surface area (Å²) in [5.74, 6) is 2.20. The van der Waals surface area contributed by atoms with Crippen LogP contribution in [0, 0.1) is 0 Å². The van der Waals surface area contributed by atoms with E-state index in [9.17, 15) is 0 Å². The van der Waals surface area contributed by atoms with E-state index >= 15 is 0 Å². The number of nitrogens with one attached hydrogen (secondary N) is 2. The largest absolute Gasteiger partial charge is 0.493 e. The van der Waals surface area contributed by atoms with Crippen molar-refractivity contribution < 1.29 is 9.47 Å². The van der Waals surface area contributed by atoms with E-state index in [2.05, 4.69) is 45.4 Å². The number of guanidine groups is 1. The molecule has 21 heavy (non-hydrogen) atoms. The van der Waals surface area contributed by atoms with Gasteiger partial charge in [0.1, 0.15) is 0 Å². The first-order valence-corrected chi connectivity index (χ1v) is 7.72. The van der Waals surface area contributed by atoms with Gasteiger partial charge in [0.25, 0.3) is 0 Å². The van der Waals surface area contributed by atoms with E-state index in [1.54, 1.807) is 21.3 Å². The number of aliphatic imine (C=N–C) groups is 1. The third-order valence-corrected chi connectivity index (χ3v) is 3.96. The highest BCUT2D eigenvalue weighted by Crippen LogP contribution is 2.33. The molecule has 0 amide bonds. The highest BCUT2D eigenvalue weighted by atomic mass is 79.9. The molecule has 118 valence electrons. The molecule has 1 rings (SSSR count). The summed E-state index contributed by atoms with van der Waals surface area (Å²) >= 11 is 3.55. The smallest absolute Gasteiger partial charge is 0.191 e. The summed E-state index contributed by atoms with van der Waals surface area (Å²) < 4.78 is 11.6. The molecule has 2 N–H and O–H groups in total. The molecule has 0 fully saturated rings. The zero-order chi connectivity index (χ0) is 15.8. The Balaban J connectivity index is 2.79. The Morgan fingerprint density at radius 1 is 1.29 bits per heavy atom. The van der Waals surface area contributed by atoms with E-state index in [1.807, 2.05) is 12.1 Å². The van der Waals surface area contributed by atoms with Gasteiger partial charge < -0.3 is 20.1 Å². The molecule has 0 saturated carbocycles. The molecule has 0 spiro atoms. The number of hydrogen-bond donors (Lipinski definition) is 2. The minimum Gasteiger partial charge on any atom is -0.493 e. The Bertz CT molecular complexity index is 492. The van der Waals surface area contributed by atoms with Gasteiger partial charge in [0, 0.05) is 24.1 Å². The van der Waals surface area contributed by atoms with Gasteiger partial charge >= 0.3 is 0 Å². The van der Waals surface area contributed by atoms with Gasteiger partial charge in [-0.2, -0.15) is 0 Å². The lowest BCUT2D eigenvalue weighted by Crippen LogP contribution is -2.41. The molecule has 1 unspecified atom stereocenters. The topological polar surface area (TPSA) is 54.9 Å². The fraction of sp³-hybridized carbons (Fsp3) is 0.533. The van der Waals surface area contributed by atoms with E-state index in [0.29, 0.717) is 24.1 Å². The maximum absolute atomic E-state index is 5.33. The second-order valence-corrected chi connectivity index (χ2v) is 5.53. The van der Waals surface area contributed by atoms with Crippen LogP contribution in [0.4, 0.5) is 0 Å². The fourth-order valence-electron chi connectivity index (χ4n) is 1.74. The predicted octanol–water partition coefficient (Wildman–Crippen LogP) is 2.93. The normalized spacial score (nSPS) is 12.8. The van der Waals surface area contributed by atoms with Crippen LogP contribution in [0.2, 0.25) is 0 Å². The average Bonchev–Trinajstić information content (AvgIpc) is 2.51. The quantitative estimate of drug-likeness (QED) is 0.607. The van der Waals surface area contributed by atoms with Gasteiger partial charge in [0.05, 0.1) is 14.2 Å². The molecular weight excluding hydrogens is 334 g/mol. The monoisotopic (exact) mass is 357 g/mol. The lowest BCUT2D eigenvalue weighted by atomic mass is 10.2. The van der Waals surface area contributed by atoms with Crippen LogP contribution >= 0.6 is 15.9 Å². The van der Waals surface area contributed by atoms with Gasteiger partial charge in [-0.3, -0.25) is 4.99 Å². The third kappa shape index (κ3) is 5.12. The first-order valence-electron chi connectivity index (χ1n) is 6.93. The maximum Gasteiger partial charge on any atom is 0.191 e. The number of ether oxygens (including phenoxy) is 2. The maximum atomic E-state index is 5.33. The van der Waals surface area contributed by atoms with Crippen LogP contribution in [0.15, 0.2) is 21.6 Å². The number of halogens is 1. The number of benzene rings is 1. The molecule has 0 radical (unpaired) electrons. The molecule has 5 nitrogen and oxygen atoms in total. The summed E-state index contributed by atoms with van der Waals surface area (Å²) in [6.45, 7) is 4.89. The predicted molar refractivity (Wildman–Crippen MR) is 90.3 cm³/mol. The molecular formula is C15H24BrN3O2. The summed E-state index contributed by atoms with van der Waals surface area (Å²) in [5, 5.41) is 6.62. The van der Waals surface area contributed by atoms with Crippen LogP contribution in [-0.2, 0) is 6.54 Å². The van der Waals surface area contributed by atoms with Crippen molar-refractivity contribution in [2.75, 3.05) is 21.3 Å². The summed E-state index contributed by atoms with van der Waals surface area (Å²) in [6.07, 6.45) is 1.04. The second kappa shape index (κ2) is 8.77. The minimum absolute atomic E-state index is 0.380. The first-order chi connectivity index (χ1) is 10.0. The van der Waals surface area contributed by atoms with Crippen LogP contribution in [0.5, 0.6) is 11.5 Å².